The second kappa shape index (κ2) is 7.51. The lowest BCUT2D eigenvalue weighted by Crippen LogP contribution is -2.03. The van der Waals surface area contributed by atoms with Crippen LogP contribution in [0.15, 0.2) is 15.4 Å². The molecule has 0 saturated carbocycles. The SMILES string of the molecule is CCOCc1nc(NC)cc(Sc2nc(CC)ns2)n1. The molecule has 8 heteroatoms. The number of hydrogen-bond acceptors (Lipinski definition) is 8. The highest BCUT2D eigenvalue weighted by atomic mass is 32.2. The van der Waals surface area contributed by atoms with Crippen molar-refractivity contribution in [2.45, 2.75) is 36.2 Å². The van der Waals surface area contributed by atoms with Crippen molar-refractivity contribution < 1.29 is 4.74 Å². The van der Waals surface area contributed by atoms with Gasteiger partial charge in [0.15, 0.2) is 10.2 Å². The first-order valence-electron chi connectivity index (χ1n) is 6.39. The molecule has 108 valence electrons. The van der Waals surface area contributed by atoms with Gasteiger partial charge in [-0.3, -0.25) is 0 Å². The van der Waals surface area contributed by atoms with E-state index in [-0.39, 0.29) is 0 Å². The lowest BCUT2D eigenvalue weighted by Gasteiger charge is -2.06. The number of ether oxygens (including phenoxy) is 1. The first kappa shape index (κ1) is 15.1. The zero-order valence-electron chi connectivity index (χ0n) is 11.7. The van der Waals surface area contributed by atoms with Crippen LogP contribution in [0.1, 0.15) is 25.5 Å². The van der Waals surface area contributed by atoms with Crippen LogP contribution in [0.5, 0.6) is 0 Å². The average molecular weight is 311 g/mol. The molecule has 0 radical (unpaired) electrons. The van der Waals surface area contributed by atoms with Crippen molar-refractivity contribution in [3.05, 3.63) is 17.7 Å². The van der Waals surface area contributed by atoms with E-state index in [4.69, 9.17) is 4.74 Å². The van der Waals surface area contributed by atoms with E-state index in [9.17, 15) is 0 Å². The molecule has 2 rings (SSSR count). The molecule has 0 aliphatic heterocycles. The van der Waals surface area contributed by atoms with Crippen LogP contribution >= 0.6 is 23.3 Å². The summed E-state index contributed by atoms with van der Waals surface area (Å²) in [6, 6.07) is 1.90. The predicted molar refractivity (Wildman–Crippen MR) is 80.3 cm³/mol. The summed E-state index contributed by atoms with van der Waals surface area (Å²) in [5.74, 6) is 2.31. The molecule has 1 N–H and O–H groups in total. The molecule has 0 spiro atoms. The Bertz CT molecular complexity index is 561. The number of rotatable bonds is 7. The smallest absolute Gasteiger partial charge is 0.176 e. The molecule has 0 aliphatic carbocycles. The van der Waals surface area contributed by atoms with Crippen molar-refractivity contribution in [3.8, 4) is 0 Å². The second-order valence-corrected chi connectivity index (χ2v) is 5.85. The molecule has 0 aliphatic rings. The van der Waals surface area contributed by atoms with Gasteiger partial charge in [-0.15, -0.1) is 0 Å². The normalized spacial score (nSPS) is 10.8. The van der Waals surface area contributed by atoms with Crippen molar-refractivity contribution in [2.24, 2.45) is 0 Å². The first-order chi connectivity index (χ1) is 9.75. The van der Waals surface area contributed by atoms with E-state index in [0.717, 1.165) is 27.4 Å². The molecular formula is C12H17N5OS2. The van der Waals surface area contributed by atoms with Gasteiger partial charge in [0, 0.05) is 26.1 Å². The molecule has 0 fully saturated rings. The number of aryl methyl sites for hydroxylation is 1. The standard InChI is InChI=1S/C12H17N5OS2/c1-4-8-16-12(20-17-8)19-11-6-9(13-3)14-10(15-11)7-18-5-2/h6H,4-5,7H2,1-3H3,(H,13,14,15). The Hall–Kier alpha value is -1.25. The molecule has 0 bridgehead atoms. The van der Waals surface area contributed by atoms with Gasteiger partial charge in [-0.2, -0.15) is 4.37 Å². The largest absolute Gasteiger partial charge is 0.374 e. The Morgan fingerprint density at radius 1 is 1.25 bits per heavy atom. The maximum Gasteiger partial charge on any atom is 0.176 e. The minimum absolute atomic E-state index is 0.413. The van der Waals surface area contributed by atoms with Crippen molar-refractivity contribution >= 4 is 29.1 Å². The highest BCUT2D eigenvalue weighted by Gasteiger charge is 2.09. The van der Waals surface area contributed by atoms with Crippen LogP contribution < -0.4 is 5.32 Å². The Morgan fingerprint density at radius 3 is 2.75 bits per heavy atom. The van der Waals surface area contributed by atoms with E-state index < -0.39 is 0 Å². The van der Waals surface area contributed by atoms with E-state index in [0.29, 0.717) is 19.0 Å². The summed E-state index contributed by atoms with van der Waals surface area (Å²) in [6.45, 7) is 5.05. The minimum Gasteiger partial charge on any atom is -0.374 e. The van der Waals surface area contributed by atoms with E-state index in [1.807, 2.05) is 27.0 Å². The van der Waals surface area contributed by atoms with Crippen LogP contribution in [0, 0.1) is 0 Å². The summed E-state index contributed by atoms with van der Waals surface area (Å²) in [5.41, 5.74) is 0. The fraction of sp³-hybridized carbons (Fsp3) is 0.500. The first-order valence-corrected chi connectivity index (χ1v) is 7.98. The minimum atomic E-state index is 0.413. The molecule has 0 atom stereocenters. The summed E-state index contributed by atoms with van der Waals surface area (Å²) >= 11 is 2.90. The van der Waals surface area contributed by atoms with Gasteiger partial charge in [-0.05, 0) is 30.2 Å². The highest BCUT2D eigenvalue weighted by Crippen LogP contribution is 2.28. The third-order valence-corrected chi connectivity index (χ3v) is 4.11. The predicted octanol–water partition coefficient (Wildman–Crippen LogP) is 2.62. The summed E-state index contributed by atoms with van der Waals surface area (Å²) < 4.78 is 10.5. The van der Waals surface area contributed by atoms with Crippen LogP contribution in [0.4, 0.5) is 5.82 Å². The van der Waals surface area contributed by atoms with Gasteiger partial charge in [0.2, 0.25) is 0 Å². The van der Waals surface area contributed by atoms with E-state index in [1.54, 1.807) is 0 Å². The summed E-state index contributed by atoms with van der Waals surface area (Å²) in [5, 5.41) is 3.88. The Balaban J connectivity index is 2.16. The number of hydrogen-bond donors (Lipinski definition) is 1. The van der Waals surface area contributed by atoms with Crippen LogP contribution in [0.25, 0.3) is 0 Å². The quantitative estimate of drug-likeness (QED) is 0.788. The Morgan fingerprint density at radius 2 is 2.10 bits per heavy atom. The topological polar surface area (TPSA) is 72.8 Å². The molecule has 0 saturated heterocycles. The van der Waals surface area contributed by atoms with E-state index in [1.165, 1.54) is 23.3 Å². The van der Waals surface area contributed by atoms with Crippen LogP contribution in [0.3, 0.4) is 0 Å². The van der Waals surface area contributed by atoms with Gasteiger partial charge in [-0.1, -0.05) is 6.92 Å². The van der Waals surface area contributed by atoms with Crippen molar-refractivity contribution in [1.82, 2.24) is 19.3 Å². The maximum absolute atomic E-state index is 5.36. The number of nitrogens with zero attached hydrogens (tertiary/aromatic N) is 4. The monoisotopic (exact) mass is 311 g/mol. The van der Waals surface area contributed by atoms with Crippen molar-refractivity contribution in [2.75, 3.05) is 19.0 Å². The molecule has 0 aromatic carbocycles. The molecule has 0 unspecified atom stereocenters. The van der Waals surface area contributed by atoms with E-state index in [2.05, 4.69) is 24.6 Å². The van der Waals surface area contributed by atoms with Gasteiger partial charge < -0.3 is 10.1 Å². The van der Waals surface area contributed by atoms with Gasteiger partial charge in [0.1, 0.15) is 23.3 Å². The molecule has 20 heavy (non-hydrogen) atoms. The van der Waals surface area contributed by atoms with Gasteiger partial charge in [-0.25, -0.2) is 15.0 Å². The number of anilines is 1. The lowest BCUT2D eigenvalue weighted by molar-refractivity contribution is 0.128. The molecule has 2 aromatic rings. The molecule has 6 nitrogen and oxygen atoms in total. The van der Waals surface area contributed by atoms with Crippen LogP contribution in [-0.2, 0) is 17.8 Å². The fourth-order valence-corrected chi connectivity index (χ4v) is 3.09. The van der Waals surface area contributed by atoms with Crippen LogP contribution in [0.2, 0.25) is 0 Å². The second-order valence-electron chi connectivity index (χ2n) is 3.83. The lowest BCUT2D eigenvalue weighted by atomic mass is 10.5. The summed E-state index contributed by atoms with van der Waals surface area (Å²) in [7, 11) is 1.83. The average Bonchev–Trinajstić information content (AvgIpc) is 2.92. The van der Waals surface area contributed by atoms with Crippen molar-refractivity contribution in [1.29, 1.82) is 0 Å². The zero-order chi connectivity index (χ0) is 14.4. The fourth-order valence-electron chi connectivity index (χ4n) is 1.42. The van der Waals surface area contributed by atoms with Gasteiger partial charge in [0.05, 0.1) is 0 Å². The zero-order valence-corrected chi connectivity index (χ0v) is 13.3. The number of nitrogens with one attached hydrogen (secondary N) is 1. The third-order valence-electron chi connectivity index (χ3n) is 2.40. The third kappa shape index (κ3) is 4.12. The van der Waals surface area contributed by atoms with Gasteiger partial charge >= 0.3 is 0 Å². The van der Waals surface area contributed by atoms with E-state index >= 15 is 0 Å². The molecule has 2 heterocycles. The highest BCUT2D eigenvalue weighted by molar-refractivity contribution is 8.00. The summed E-state index contributed by atoms with van der Waals surface area (Å²) in [6.07, 6.45) is 0.845. The maximum atomic E-state index is 5.36. The molecular weight excluding hydrogens is 294 g/mol. The Labute approximate surface area is 126 Å². The van der Waals surface area contributed by atoms with Crippen LogP contribution in [-0.4, -0.2) is 33.0 Å². The summed E-state index contributed by atoms with van der Waals surface area (Å²) in [4.78, 5) is 13.3. The number of aromatic nitrogens is 4. The van der Waals surface area contributed by atoms with Gasteiger partial charge in [0.25, 0.3) is 0 Å². The Kier molecular flexibility index (Phi) is 5.69. The molecule has 0 amide bonds. The van der Waals surface area contributed by atoms with Crippen molar-refractivity contribution in [3.63, 3.8) is 0 Å². The molecule has 2 aromatic heterocycles.